The number of nitrogens with one attached hydrogen (secondary N) is 2. The number of ether oxygens (including phenoxy) is 1. The van der Waals surface area contributed by atoms with E-state index in [-0.39, 0.29) is 18.4 Å². The van der Waals surface area contributed by atoms with Crippen LogP contribution in [0.5, 0.6) is 0 Å². The Morgan fingerprint density at radius 1 is 0.900 bits per heavy atom. The molecule has 3 aromatic carbocycles. The first-order valence-electron chi connectivity index (χ1n) is 13.1. The van der Waals surface area contributed by atoms with E-state index in [0.29, 0.717) is 28.2 Å². The molecular formula is C32H32N2O4S2. The normalized spacial score (nSPS) is 11.5. The molecule has 0 aliphatic carbocycles. The standard InChI is InChI=1S/C32H32N2O4S2/c1-5-27(40-25-12-8-11-24(18-25)33-29(35)23-10-7-9-21(4)17-23)30(36)34-31-28(32(37)38-6-2)26(19-39-31)22-15-13-20(3)14-16-22/h7-19,27H,5-6H2,1-4H3,(H,33,35)(H,34,36). The summed E-state index contributed by atoms with van der Waals surface area (Å²) in [4.78, 5) is 39.9. The van der Waals surface area contributed by atoms with Gasteiger partial charge in [0.15, 0.2) is 0 Å². The van der Waals surface area contributed by atoms with Gasteiger partial charge in [-0.05, 0) is 63.1 Å². The number of carbonyl (C=O) groups excluding carboxylic acids is 3. The predicted octanol–water partition coefficient (Wildman–Crippen LogP) is 7.97. The molecular weight excluding hydrogens is 540 g/mol. The van der Waals surface area contributed by atoms with Crippen LogP contribution < -0.4 is 10.6 Å². The molecule has 40 heavy (non-hydrogen) atoms. The van der Waals surface area contributed by atoms with Crippen molar-refractivity contribution in [1.82, 2.24) is 0 Å². The maximum Gasteiger partial charge on any atom is 0.341 e. The minimum atomic E-state index is -0.465. The van der Waals surface area contributed by atoms with E-state index in [1.807, 2.05) is 92.9 Å². The van der Waals surface area contributed by atoms with Gasteiger partial charge in [0.05, 0.1) is 11.9 Å². The quantitative estimate of drug-likeness (QED) is 0.149. The molecule has 6 nitrogen and oxygen atoms in total. The number of amides is 2. The Bertz CT molecular complexity index is 1510. The van der Waals surface area contributed by atoms with Gasteiger partial charge in [0.1, 0.15) is 10.6 Å². The molecule has 1 unspecified atom stereocenters. The number of hydrogen-bond acceptors (Lipinski definition) is 6. The molecule has 0 bridgehead atoms. The minimum absolute atomic E-state index is 0.191. The lowest BCUT2D eigenvalue weighted by atomic mass is 10.0. The molecule has 2 N–H and O–H groups in total. The maximum atomic E-state index is 13.4. The number of thioether (sulfide) groups is 1. The van der Waals surface area contributed by atoms with Crippen LogP contribution in [0.1, 0.15) is 52.1 Å². The molecule has 2 amide bonds. The van der Waals surface area contributed by atoms with E-state index < -0.39 is 11.2 Å². The summed E-state index contributed by atoms with van der Waals surface area (Å²) in [6.07, 6.45) is 0.571. The molecule has 1 heterocycles. The molecule has 0 aliphatic rings. The fourth-order valence-corrected chi connectivity index (χ4v) is 6.09. The van der Waals surface area contributed by atoms with Gasteiger partial charge in [0.2, 0.25) is 5.91 Å². The van der Waals surface area contributed by atoms with Crippen LogP contribution >= 0.6 is 23.1 Å². The number of thiophene rings is 1. The third-order valence-corrected chi connectivity index (χ3v) is 8.44. The highest BCUT2D eigenvalue weighted by Gasteiger charge is 2.25. The summed E-state index contributed by atoms with van der Waals surface area (Å²) >= 11 is 2.72. The van der Waals surface area contributed by atoms with Crippen molar-refractivity contribution in [3.05, 3.63) is 100 Å². The lowest BCUT2D eigenvalue weighted by Gasteiger charge is -2.16. The van der Waals surface area contributed by atoms with Crippen molar-refractivity contribution in [2.24, 2.45) is 0 Å². The smallest absolute Gasteiger partial charge is 0.341 e. The summed E-state index contributed by atoms with van der Waals surface area (Å²) in [5.74, 6) is -0.860. The highest BCUT2D eigenvalue weighted by Crippen LogP contribution is 2.37. The van der Waals surface area contributed by atoms with Crippen molar-refractivity contribution >= 4 is 51.6 Å². The van der Waals surface area contributed by atoms with Crippen molar-refractivity contribution in [3.8, 4) is 11.1 Å². The molecule has 0 saturated heterocycles. The van der Waals surface area contributed by atoms with E-state index in [4.69, 9.17) is 4.74 Å². The van der Waals surface area contributed by atoms with Gasteiger partial charge in [-0.2, -0.15) is 0 Å². The first-order chi connectivity index (χ1) is 19.3. The van der Waals surface area contributed by atoms with Gasteiger partial charge >= 0.3 is 5.97 Å². The lowest BCUT2D eigenvalue weighted by Crippen LogP contribution is -2.25. The third-order valence-electron chi connectivity index (χ3n) is 6.18. The molecule has 0 radical (unpaired) electrons. The number of anilines is 2. The highest BCUT2D eigenvalue weighted by atomic mass is 32.2. The van der Waals surface area contributed by atoms with Crippen LogP contribution in [-0.4, -0.2) is 29.6 Å². The van der Waals surface area contributed by atoms with Crippen molar-refractivity contribution in [2.45, 2.75) is 44.3 Å². The zero-order valence-electron chi connectivity index (χ0n) is 22.9. The topological polar surface area (TPSA) is 84.5 Å². The fourth-order valence-electron chi connectivity index (χ4n) is 4.12. The Balaban J connectivity index is 1.50. The summed E-state index contributed by atoms with van der Waals surface area (Å²) in [5.41, 5.74) is 5.35. The van der Waals surface area contributed by atoms with E-state index in [0.717, 1.165) is 27.1 Å². The number of aryl methyl sites for hydroxylation is 2. The van der Waals surface area contributed by atoms with Gasteiger partial charge in [-0.15, -0.1) is 23.1 Å². The van der Waals surface area contributed by atoms with Gasteiger partial charge < -0.3 is 15.4 Å². The first kappa shape index (κ1) is 29.1. The molecule has 0 aliphatic heterocycles. The highest BCUT2D eigenvalue weighted by molar-refractivity contribution is 8.00. The average Bonchev–Trinajstić information content (AvgIpc) is 3.35. The number of esters is 1. The predicted molar refractivity (Wildman–Crippen MR) is 165 cm³/mol. The average molecular weight is 573 g/mol. The number of benzene rings is 3. The number of hydrogen-bond donors (Lipinski definition) is 2. The van der Waals surface area contributed by atoms with Crippen molar-refractivity contribution in [2.75, 3.05) is 17.2 Å². The second-order valence-electron chi connectivity index (χ2n) is 9.30. The Labute approximate surface area is 243 Å². The van der Waals surface area contributed by atoms with E-state index in [9.17, 15) is 14.4 Å². The zero-order valence-corrected chi connectivity index (χ0v) is 24.6. The fraction of sp³-hybridized carbons (Fsp3) is 0.219. The molecule has 1 aromatic heterocycles. The van der Waals surface area contributed by atoms with Gasteiger partial charge in [0.25, 0.3) is 5.91 Å². The van der Waals surface area contributed by atoms with E-state index >= 15 is 0 Å². The first-order valence-corrected chi connectivity index (χ1v) is 14.9. The van der Waals surface area contributed by atoms with Crippen LogP contribution in [0.4, 0.5) is 10.7 Å². The summed E-state index contributed by atoms with van der Waals surface area (Å²) in [6, 6.07) is 22.7. The molecule has 4 aromatic rings. The SMILES string of the molecule is CCOC(=O)c1c(-c2ccc(C)cc2)csc1NC(=O)C(CC)Sc1cccc(NC(=O)c2cccc(C)c2)c1. The zero-order chi connectivity index (χ0) is 28.6. The summed E-state index contributed by atoms with van der Waals surface area (Å²) in [6.45, 7) is 7.89. The summed E-state index contributed by atoms with van der Waals surface area (Å²) in [7, 11) is 0. The van der Waals surface area contributed by atoms with E-state index in [2.05, 4.69) is 10.6 Å². The number of rotatable bonds is 10. The monoisotopic (exact) mass is 572 g/mol. The summed E-state index contributed by atoms with van der Waals surface area (Å²) < 4.78 is 5.34. The van der Waals surface area contributed by atoms with Gasteiger partial charge in [-0.25, -0.2) is 4.79 Å². The van der Waals surface area contributed by atoms with Gasteiger partial charge in [-0.3, -0.25) is 9.59 Å². The van der Waals surface area contributed by atoms with Crippen LogP contribution in [0.25, 0.3) is 11.1 Å². The largest absolute Gasteiger partial charge is 0.462 e. The van der Waals surface area contributed by atoms with Gasteiger partial charge in [0, 0.05) is 27.1 Å². The minimum Gasteiger partial charge on any atom is -0.462 e. The van der Waals surface area contributed by atoms with E-state index in [1.165, 1.54) is 23.1 Å². The van der Waals surface area contributed by atoms with Crippen LogP contribution in [0.3, 0.4) is 0 Å². The Morgan fingerprint density at radius 2 is 1.65 bits per heavy atom. The maximum absolute atomic E-state index is 13.4. The molecule has 0 fully saturated rings. The molecule has 1 atom stereocenters. The van der Waals surface area contributed by atoms with Crippen LogP contribution in [0.15, 0.2) is 83.1 Å². The van der Waals surface area contributed by atoms with Crippen molar-refractivity contribution in [3.63, 3.8) is 0 Å². The Hall–Kier alpha value is -3.88. The molecule has 4 rings (SSSR count). The third kappa shape index (κ3) is 7.20. The Morgan fingerprint density at radius 3 is 2.35 bits per heavy atom. The number of carbonyl (C=O) groups is 3. The summed E-state index contributed by atoms with van der Waals surface area (Å²) in [5, 5.41) is 7.85. The van der Waals surface area contributed by atoms with Crippen LogP contribution in [0.2, 0.25) is 0 Å². The molecule has 0 spiro atoms. The Kier molecular flexibility index (Phi) is 9.79. The van der Waals surface area contributed by atoms with Crippen LogP contribution in [-0.2, 0) is 9.53 Å². The molecule has 0 saturated carbocycles. The molecule has 8 heteroatoms. The second kappa shape index (κ2) is 13.5. The van der Waals surface area contributed by atoms with E-state index in [1.54, 1.807) is 13.0 Å². The van der Waals surface area contributed by atoms with Crippen molar-refractivity contribution < 1.29 is 19.1 Å². The lowest BCUT2D eigenvalue weighted by molar-refractivity contribution is -0.115. The van der Waals surface area contributed by atoms with Crippen molar-refractivity contribution in [1.29, 1.82) is 0 Å². The molecule has 206 valence electrons. The van der Waals surface area contributed by atoms with Crippen LogP contribution in [0, 0.1) is 13.8 Å². The second-order valence-corrected chi connectivity index (χ2v) is 11.5. The van der Waals surface area contributed by atoms with Gasteiger partial charge in [-0.1, -0.05) is 60.5 Å².